The Morgan fingerprint density at radius 3 is 2.50 bits per heavy atom. The fourth-order valence-electron chi connectivity index (χ4n) is 2.23. The standard InChI is InChI=1S/C15H21N/c1-14(15-8-4-2-5-9-15)10-13-16-11-6-3-7-12-16/h2,4-5,8-10H,3,6-7,11-13H2,1H3/b14-10-. The third-order valence-corrected chi connectivity index (χ3v) is 3.33. The van der Waals surface area contributed by atoms with Gasteiger partial charge in [-0.15, -0.1) is 0 Å². The predicted octanol–water partition coefficient (Wildman–Crippen LogP) is 3.58. The van der Waals surface area contributed by atoms with Crippen LogP contribution in [0.2, 0.25) is 0 Å². The summed E-state index contributed by atoms with van der Waals surface area (Å²) in [4.78, 5) is 2.55. The zero-order valence-electron chi connectivity index (χ0n) is 10.2. The number of likely N-dealkylation sites (tertiary alicyclic amines) is 1. The van der Waals surface area contributed by atoms with Crippen molar-refractivity contribution in [2.45, 2.75) is 26.2 Å². The van der Waals surface area contributed by atoms with Gasteiger partial charge in [0, 0.05) is 6.54 Å². The van der Waals surface area contributed by atoms with Gasteiger partial charge in [-0.1, -0.05) is 42.8 Å². The van der Waals surface area contributed by atoms with E-state index >= 15 is 0 Å². The number of hydrogen-bond donors (Lipinski definition) is 0. The lowest BCUT2D eigenvalue weighted by Crippen LogP contribution is -2.29. The first-order valence-electron chi connectivity index (χ1n) is 6.31. The summed E-state index contributed by atoms with van der Waals surface area (Å²) in [5.74, 6) is 0. The molecule has 1 aliphatic rings. The van der Waals surface area contributed by atoms with Crippen molar-refractivity contribution in [1.29, 1.82) is 0 Å². The highest BCUT2D eigenvalue weighted by molar-refractivity contribution is 5.63. The van der Waals surface area contributed by atoms with E-state index in [4.69, 9.17) is 0 Å². The zero-order chi connectivity index (χ0) is 11.2. The molecule has 0 aromatic heterocycles. The average molecular weight is 215 g/mol. The van der Waals surface area contributed by atoms with Gasteiger partial charge in [0.2, 0.25) is 0 Å². The Bertz CT molecular complexity index is 334. The number of allylic oxidation sites excluding steroid dienone is 1. The Morgan fingerprint density at radius 1 is 1.12 bits per heavy atom. The summed E-state index contributed by atoms with van der Waals surface area (Å²) < 4.78 is 0. The molecule has 0 N–H and O–H groups in total. The SMILES string of the molecule is C/C(=C/CN1CCCCC1)c1ccccc1. The van der Waals surface area contributed by atoms with Crippen molar-refractivity contribution in [1.82, 2.24) is 4.90 Å². The van der Waals surface area contributed by atoms with E-state index < -0.39 is 0 Å². The van der Waals surface area contributed by atoms with Crippen LogP contribution in [0.25, 0.3) is 5.57 Å². The lowest BCUT2D eigenvalue weighted by molar-refractivity contribution is 0.251. The first-order valence-corrected chi connectivity index (χ1v) is 6.31. The van der Waals surface area contributed by atoms with Gasteiger partial charge in [0.15, 0.2) is 0 Å². The molecule has 0 aliphatic carbocycles. The Labute approximate surface area is 98.8 Å². The van der Waals surface area contributed by atoms with Crippen molar-refractivity contribution < 1.29 is 0 Å². The van der Waals surface area contributed by atoms with Crippen LogP contribution in [0.4, 0.5) is 0 Å². The summed E-state index contributed by atoms with van der Waals surface area (Å²) >= 11 is 0. The molecule has 0 bridgehead atoms. The fourth-order valence-corrected chi connectivity index (χ4v) is 2.23. The van der Waals surface area contributed by atoms with Gasteiger partial charge in [0.25, 0.3) is 0 Å². The highest BCUT2D eigenvalue weighted by atomic mass is 15.1. The highest BCUT2D eigenvalue weighted by Crippen LogP contribution is 2.14. The Morgan fingerprint density at radius 2 is 1.81 bits per heavy atom. The van der Waals surface area contributed by atoms with Crippen LogP contribution in [-0.4, -0.2) is 24.5 Å². The normalized spacial score (nSPS) is 18.7. The molecule has 0 amide bonds. The third-order valence-electron chi connectivity index (χ3n) is 3.33. The molecule has 0 atom stereocenters. The molecular formula is C15H21N. The lowest BCUT2D eigenvalue weighted by Gasteiger charge is -2.25. The molecule has 1 saturated heterocycles. The van der Waals surface area contributed by atoms with E-state index in [1.54, 1.807) is 0 Å². The Kier molecular flexibility index (Phi) is 4.17. The zero-order valence-corrected chi connectivity index (χ0v) is 10.2. The molecule has 16 heavy (non-hydrogen) atoms. The van der Waals surface area contributed by atoms with E-state index in [1.807, 2.05) is 0 Å². The fraction of sp³-hybridized carbons (Fsp3) is 0.467. The minimum Gasteiger partial charge on any atom is -0.300 e. The van der Waals surface area contributed by atoms with E-state index in [9.17, 15) is 0 Å². The molecule has 0 spiro atoms. The van der Waals surface area contributed by atoms with Gasteiger partial charge in [0.1, 0.15) is 0 Å². The monoisotopic (exact) mass is 215 g/mol. The number of benzene rings is 1. The maximum absolute atomic E-state index is 2.55. The van der Waals surface area contributed by atoms with E-state index in [2.05, 4.69) is 48.2 Å². The molecule has 2 rings (SSSR count). The van der Waals surface area contributed by atoms with Crippen LogP contribution < -0.4 is 0 Å². The molecule has 0 saturated carbocycles. The smallest absolute Gasteiger partial charge is 0.0169 e. The van der Waals surface area contributed by atoms with Gasteiger partial charge in [-0.25, -0.2) is 0 Å². The average Bonchev–Trinajstić information content (AvgIpc) is 2.38. The second kappa shape index (κ2) is 5.86. The first kappa shape index (κ1) is 11.4. The molecular weight excluding hydrogens is 194 g/mol. The van der Waals surface area contributed by atoms with Gasteiger partial charge >= 0.3 is 0 Å². The van der Waals surface area contributed by atoms with E-state index in [-0.39, 0.29) is 0 Å². The molecule has 1 aliphatic heterocycles. The van der Waals surface area contributed by atoms with Gasteiger partial charge in [-0.3, -0.25) is 4.90 Å². The van der Waals surface area contributed by atoms with Crippen LogP contribution in [0.5, 0.6) is 0 Å². The lowest BCUT2D eigenvalue weighted by atomic mass is 10.1. The van der Waals surface area contributed by atoms with Crippen LogP contribution in [0.15, 0.2) is 36.4 Å². The van der Waals surface area contributed by atoms with Crippen molar-refractivity contribution in [3.8, 4) is 0 Å². The highest BCUT2D eigenvalue weighted by Gasteiger charge is 2.07. The van der Waals surface area contributed by atoms with Crippen LogP contribution in [0.3, 0.4) is 0 Å². The molecule has 86 valence electrons. The van der Waals surface area contributed by atoms with Gasteiger partial charge in [-0.2, -0.15) is 0 Å². The molecule has 0 unspecified atom stereocenters. The number of rotatable bonds is 3. The maximum Gasteiger partial charge on any atom is 0.0169 e. The summed E-state index contributed by atoms with van der Waals surface area (Å²) in [6.45, 7) is 5.87. The van der Waals surface area contributed by atoms with Crippen molar-refractivity contribution in [2.24, 2.45) is 0 Å². The molecule has 0 radical (unpaired) electrons. The second-order valence-corrected chi connectivity index (χ2v) is 4.61. The van der Waals surface area contributed by atoms with Gasteiger partial charge in [0.05, 0.1) is 0 Å². The predicted molar refractivity (Wildman–Crippen MR) is 70.4 cm³/mol. The van der Waals surface area contributed by atoms with Gasteiger partial charge < -0.3 is 0 Å². The number of hydrogen-bond acceptors (Lipinski definition) is 1. The summed E-state index contributed by atoms with van der Waals surface area (Å²) in [6.07, 6.45) is 6.52. The molecule has 1 nitrogen and oxygen atoms in total. The van der Waals surface area contributed by atoms with Crippen LogP contribution in [0.1, 0.15) is 31.7 Å². The molecule has 1 aromatic rings. The molecule has 1 heterocycles. The molecule has 1 heteroatoms. The molecule has 1 aromatic carbocycles. The van der Waals surface area contributed by atoms with Crippen molar-refractivity contribution in [2.75, 3.05) is 19.6 Å². The van der Waals surface area contributed by atoms with Crippen molar-refractivity contribution in [3.63, 3.8) is 0 Å². The summed E-state index contributed by atoms with van der Waals surface area (Å²) in [5.41, 5.74) is 2.74. The van der Waals surface area contributed by atoms with E-state index in [1.165, 1.54) is 43.5 Å². The van der Waals surface area contributed by atoms with E-state index in [0.717, 1.165) is 6.54 Å². The van der Waals surface area contributed by atoms with Crippen molar-refractivity contribution >= 4 is 5.57 Å². The first-order chi connectivity index (χ1) is 7.86. The van der Waals surface area contributed by atoms with Crippen molar-refractivity contribution in [3.05, 3.63) is 42.0 Å². The Hall–Kier alpha value is -1.08. The summed E-state index contributed by atoms with van der Waals surface area (Å²) in [5, 5.41) is 0. The molecule has 1 fully saturated rings. The van der Waals surface area contributed by atoms with Crippen LogP contribution in [0, 0.1) is 0 Å². The minimum atomic E-state index is 1.11. The van der Waals surface area contributed by atoms with Crippen LogP contribution in [-0.2, 0) is 0 Å². The second-order valence-electron chi connectivity index (χ2n) is 4.61. The van der Waals surface area contributed by atoms with Gasteiger partial charge in [-0.05, 0) is 44.0 Å². The van der Waals surface area contributed by atoms with Crippen LogP contribution >= 0.6 is 0 Å². The largest absolute Gasteiger partial charge is 0.300 e. The summed E-state index contributed by atoms with van der Waals surface area (Å²) in [6, 6.07) is 10.6. The quantitative estimate of drug-likeness (QED) is 0.745. The number of piperidine rings is 1. The third kappa shape index (κ3) is 3.21. The Balaban J connectivity index is 1.91. The van der Waals surface area contributed by atoms with E-state index in [0.29, 0.717) is 0 Å². The maximum atomic E-state index is 2.55. The summed E-state index contributed by atoms with van der Waals surface area (Å²) in [7, 11) is 0. The minimum absolute atomic E-state index is 1.11. The topological polar surface area (TPSA) is 3.24 Å². The number of nitrogens with zero attached hydrogens (tertiary/aromatic N) is 1.